The molecule has 2 heterocycles. The number of halogens is 6. The van der Waals surface area contributed by atoms with Gasteiger partial charge in [0, 0.05) is 30.9 Å². The van der Waals surface area contributed by atoms with Crippen molar-refractivity contribution in [1.82, 2.24) is 10.2 Å². The third-order valence-electron chi connectivity index (χ3n) is 7.19. The molecule has 4 N–H and O–H groups in total. The molecule has 0 spiro atoms. The molecule has 0 radical (unpaired) electrons. The summed E-state index contributed by atoms with van der Waals surface area (Å²) in [5.41, 5.74) is -5.36. The van der Waals surface area contributed by atoms with Crippen molar-refractivity contribution in [3.8, 4) is 5.75 Å². The zero-order valence-corrected chi connectivity index (χ0v) is 22.8. The minimum atomic E-state index is -5.94. The summed E-state index contributed by atoms with van der Waals surface area (Å²) in [5, 5.41) is 24.3. The van der Waals surface area contributed by atoms with Crippen molar-refractivity contribution in [2.75, 3.05) is 29.9 Å². The number of likely N-dealkylation sites (tertiary alicyclic amines) is 1. The van der Waals surface area contributed by atoms with Crippen LogP contribution in [0.3, 0.4) is 0 Å². The zero-order valence-electron chi connectivity index (χ0n) is 22.0. The number of benzene rings is 2. The van der Waals surface area contributed by atoms with Gasteiger partial charge in [0.2, 0.25) is 0 Å². The lowest BCUT2D eigenvalue weighted by atomic mass is 9.91. The summed E-state index contributed by atoms with van der Waals surface area (Å²) in [6.45, 7) is 1.41. The number of aliphatic hydroxyl groups is 2. The molecule has 2 saturated heterocycles. The number of alkyl halides is 6. The molecule has 42 heavy (non-hydrogen) atoms. The van der Waals surface area contributed by atoms with Crippen LogP contribution in [0.2, 0.25) is 0 Å². The number of anilines is 1. The van der Waals surface area contributed by atoms with E-state index in [1.54, 1.807) is 24.3 Å². The molecular formula is C26H29F6N3O6S. The first kappa shape index (κ1) is 31.8. The summed E-state index contributed by atoms with van der Waals surface area (Å²) < 4.78 is 108. The SMILES string of the molecule is O=C(Nc1ccc(OC2CCN(Cc3ccc(C(O)(C(F)(F)F)C(F)(F)F)cc3)CC2)cc1)N[C@H]1CS(=O)(=O)C[C@H]1O. The molecule has 232 valence electrons. The van der Waals surface area contributed by atoms with Gasteiger partial charge >= 0.3 is 18.4 Å². The predicted molar refractivity (Wildman–Crippen MR) is 138 cm³/mol. The fourth-order valence-corrected chi connectivity index (χ4v) is 6.64. The van der Waals surface area contributed by atoms with Crippen LogP contribution in [0.25, 0.3) is 0 Å². The molecule has 2 aliphatic rings. The molecule has 0 aromatic heterocycles. The van der Waals surface area contributed by atoms with Gasteiger partial charge in [-0.05, 0) is 42.7 Å². The maximum atomic E-state index is 13.1. The van der Waals surface area contributed by atoms with Gasteiger partial charge in [-0.25, -0.2) is 13.2 Å². The molecule has 0 aliphatic carbocycles. The first-order valence-corrected chi connectivity index (χ1v) is 14.7. The molecule has 2 fully saturated rings. The van der Waals surface area contributed by atoms with E-state index in [1.807, 2.05) is 4.90 Å². The standard InChI is InChI=1S/C26H29F6N3O6S/c27-25(28,29)24(38,26(30,31)32)17-3-1-16(2-4-17)13-35-11-9-20(10-12-35)41-19-7-5-18(6-8-19)33-23(37)34-21-14-42(39,40)15-22(21)36/h1-8,20-22,36,38H,9-15H2,(H2,33,34,37)/t21-,22+/m0/s1. The molecule has 16 heteroatoms. The predicted octanol–water partition coefficient (Wildman–Crippen LogP) is 3.32. The van der Waals surface area contributed by atoms with E-state index in [-0.39, 0.29) is 18.4 Å². The van der Waals surface area contributed by atoms with Gasteiger partial charge in [0.05, 0.1) is 23.7 Å². The molecule has 0 saturated carbocycles. The smallest absolute Gasteiger partial charge is 0.430 e. The number of ether oxygens (including phenoxy) is 1. The highest BCUT2D eigenvalue weighted by atomic mass is 32.2. The Morgan fingerprint density at radius 2 is 1.50 bits per heavy atom. The largest absolute Gasteiger partial charge is 0.490 e. The van der Waals surface area contributed by atoms with Gasteiger partial charge in [-0.2, -0.15) is 26.3 Å². The number of carbonyl (C=O) groups is 1. The first-order chi connectivity index (χ1) is 19.5. The second-order valence-electron chi connectivity index (χ2n) is 10.4. The highest BCUT2D eigenvalue weighted by Gasteiger charge is 2.71. The van der Waals surface area contributed by atoms with Crippen LogP contribution >= 0.6 is 0 Å². The number of carbonyl (C=O) groups excluding carboxylic acids is 1. The minimum absolute atomic E-state index is 0.148. The number of aliphatic hydroxyl groups excluding tert-OH is 1. The van der Waals surface area contributed by atoms with Crippen LogP contribution in [-0.4, -0.2) is 84.8 Å². The molecule has 0 unspecified atom stereocenters. The lowest BCUT2D eigenvalue weighted by Crippen LogP contribution is -2.53. The van der Waals surface area contributed by atoms with Crippen LogP contribution in [0.4, 0.5) is 36.8 Å². The summed E-state index contributed by atoms with van der Waals surface area (Å²) in [5.74, 6) is -0.208. The minimum Gasteiger partial charge on any atom is -0.490 e. The number of hydrogen-bond acceptors (Lipinski definition) is 7. The molecule has 2 aromatic carbocycles. The normalized spacial score (nSPS) is 22.1. The van der Waals surface area contributed by atoms with Gasteiger partial charge < -0.3 is 25.6 Å². The molecule has 4 rings (SSSR count). The first-order valence-electron chi connectivity index (χ1n) is 12.9. The maximum absolute atomic E-state index is 13.1. The number of sulfone groups is 1. The number of nitrogens with one attached hydrogen (secondary N) is 2. The summed E-state index contributed by atoms with van der Waals surface area (Å²) in [7, 11) is -3.41. The van der Waals surface area contributed by atoms with E-state index < -0.39 is 57.3 Å². The van der Waals surface area contributed by atoms with Crippen LogP contribution in [0.5, 0.6) is 5.75 Å². The Morgan fingerprint density at radius 3 is 2.00 bits per heavy atom. The second kappa shape index (κ2) is 11.9. The number of nitrogens with zero attached hydrogens (tertiary/aromatic N) is 1. The summed E-state index contributed by atoms with van der Waals surface area (Å²) in [6, 6.07) is 8.44. The van der Waals surface area contributed by atoms with E-state index in [2.05, 4.69) is 10.6 Å². The molecule has 2 atom stereocenters. The number of rotatable bonds is 7. The van der Waals surface area contributed by atoms with Crippen LogP contribution in [-0.2, 0) is 22.0 Å². The number of piperidine rings is 1. The topological polar surface area (TPSA) is 128 Å². The van der Waals surface area contributed by atoms with Gasteiger partial charge in [0.1, 0.15) is 11.9 Å². The number of amides is 2. The van der Waals surface area contributed by atoms with Crippen LogP contribution < -0.4 is 15.4 Å². The van der Waals surface area contributed by atoms with Crippen molar-refractivity contribution in [2.24, 2.45) is 0 Å². The molecular weight excluding hydrogens is 596 g/mol. The fourth-order valence-electron chi connectivity index (χ4n) is 4.89. The van der Waals surface area contributed by atoms with Crippen molar-refractivity contribution in [1.29, 1.82) is 0 Å². The van der Waals surface area contributed by atoms with Crippen molar-refractivity contribution in [2.45, 2.75) is 55.6 Å². The highest BCUT2D eigenvalue weighted by Crippen LogP contribution is 2.50. The molecule has 0 bridgehead atoms. The quantitative estimate of drug-likeness (QED) is 0.348. The Balaban J connectivity index is 1.24. The molecule has 9 nitrogen and oxygen atoms in total. The maximum Gasteiger partial charge on any atom is 0.430 e. The number of urea groups is 1. The summed E-state index contributed by atoms with van der Waals surface area (Å²) in [6.07, 6.45) is -12.0. The van der Waals surface area contributed by atoms with Crippen LogP contribution in [0.15, 0.2) is 48.5 Å². The fraction of sp³-hybridized carbons (Fsp3) is 0.500. The monoisotopic (exact) mass is 625 g/mol. The third kappa shape index (κ3) is 7.27. The average molecular weight is 626 g/mol. The summed E-state index contributed by atoms with van der Waals surface area (Å²) >= 11 is 0. The zero-order chi connectivity index (χ0) is 30.9. The van der Waals surface area contributed by atoms with Gasteiger partial charge in [-0.3, -0.25) is 4.90 Å². The molecule has 2 aliphatic heterocycles. The third-order valence-corrected chi connectivity index (χ3v) is 8.90. The summed E-state index contributed by atoms with van der Waals surface area (Å²) in [4.78, 5) is 14.1. The van der Waals surface area contributed by atoms with Crippen LogP contribution in [0.1, 0.15) is 24.0 Å². The van der Waals surface area contributed by atoms with Crippen molar-refractivity contribution < 1.29 is 54.5 Å². The van der Waals surface area contributed by atoms with Crippen molar-refractivity contribution in [3.05, 3.63) is 59.7 Å². The Hall–Kier alpha value is -3.08. The van der Waals surface area contributed by atoms with Crippen LogP contribution in [0, 0.1) is 0 Å². The average Bonchev–Trinajstić information content (AvgIpc) is 3.15. The Bertz CT molecular complexity index is 1330. The van der Waals surface area contributed by atoms with E-state index in [0.29, 0.717) is 55.1 Å². The van der Waals surface area contributed by atoms with Gasteiger partial charge in [-0.15, -0.1) is 0 Å². The Morgan fingerprint density at radius 1 is 0.929 bits per heavy atom. The van der Waals surface area contributed by atoms with E-state index in [0.717, 1.165) is 12.1 Å². The lowest BCUT2D eigenvalue weighted by Gasteiger charge is -2.33. The second-order valence-corrected chi connectivity index (χ2v) is 12.5. The highest BCUT2D eigenvalue weighted by molar-refractivity contribution is 7.91. The lowest BCUT2D eigenvalue weighted by molar-refractivity contribution is -0.376. The molecule has 2 aromatic rings. The van der Waals surface area contributed by atoms with E-state index in [4.69, 9.17) is 4.74 Å². The van der Waals surface area contributed by atoms with Gasteiger partial charge in [0.15, 0.2) is 9.84 Å². The van der Waals surface area contributed by atoms with Gasteiger partial charge in [-0.1, -0.05) is 24.3 Å². The van der Waals surface area contributed by atoms with E-state index in [1.165, 1.54) is 0 Å². The molecule has 2 amide bonds. The Labute approximate surface area is 237 Å². The Kier molecular flexibility index (Phi) is 9.02. The van der Waals surface area contributed by atoms with E-state index >= 15 is 0 Å². The number of hydrogen-bond donors (Lipinski definition) is 4. The van der Waals surface area contributed by atoms with Crippen molar-refractivity contribution >= 4 is 21.6 Å². The van der Waals surface area contributed by atoms with Gasteiger partial charge in [0.25, 0.3) is 5.60 Å². The van der Waals surface area contributed by atoms with E-state index in [9.17, 15) is 49.8 Å². The van der Waals surface area contributed by atoms with Crippen molar-refractivity contribution in [3.63, 3.8) is 0 Å².